The van der Waals surface area contributed by atoms with Gasteiger partial charge in [0, 0.05) is 13.1 Å². The number of carbonyl (C=O) groups is 1. The highest BCUT2D eigenvalue weighted by atomic mass is 16.5. The molecule has 1 unspecified atom stereocenters. The third-order valence-corrected chi connectivity index (χ3v) is 3.39. The molecule has 17 heavy (non-hydrogen) atoms. The van der Waals surface area contributed by atoms with Gasteiger partial charge in [-0.05, 0) is 12.8 Å². The number of amidine groups is 1. The minimum absolute atomic E-state index is 0.0189. The topological polar surface area (TPSA) is 108 Å². The zero-order valence-corrected chi connectivity index (χ0v) is 9.50. The van der Waals surface area contributed by atoms with Gasteiger partial charge < -0.3 is 25.7 Å². The smallest absolute Gasteiger partial charge is 0.236 e. The quantitative estimate of drug-likeness (QED) is 0.248. The molecule has 1 atom stereocenters. The van der Waals surface area contributed by atoms with Gasteiger partial charge in [0.1, 0.15) is 5.41 Å². The Kier molecular flexibility index (Phi) is 3.21. The van der Waals surface area contributed by atoms with Gasteiger partial charge in [-0.15, -0.1) is 0 Å². The van der Waals surface area contributed by atoms with Crippen molar-refractivity contribution in [2.24, 2.45) is 16.3 Å². The van der Waals surface area contributed by atoms with E-state index in [-0.39, 0.29) is 24.5 Å². The van der Waals surface area contributed by atoms with Crippen molar-refractivity contribution in [2.45, 2.75) is 18.9 Å². The van der Waals surface area contributed by atoms with E-state index >= 15 is 0 Å². The van der Waals surface area contributed by atoms with Gasteiger partial charge in [0.05, 0.1) is 19.3 Å². The van der Waals surface area contributed by atoms with Gasteiger partial charge in [-0.3, -0.25) is 4.79 Å². The predicted octanol–water partition coefficient (Wildman–Crippen LogP) is -1.27. The number of morpholine rings is 1. The Bertz CT molecular complexity index is 340. The highest BCUT2D eigenvalue weighted by molar-refractivity contribution is 6.09. The van der Waals surface area contributed by atoms with Gasteiger partial charge in [0.15, 0.2) is 5.84 Å². The lowest BCUT2D eigenvalue weighted by atomic mass is 10.0. The van der Waals surface area contributed by atoms with Crippen molar-refractivity contribution in [3.63, 3.8) is 0 Å². The molecule has 1 amide bonds. The molecule has 0 aromatic rings. The van der Waals surface area contributed by atoms with Crippen molar-refractivity contribution in [1.82, 2.24) is 4.90 Å². The van der Waals surface area contributed by atoms with Crippen molar-refractivity contribution < 1.29 is 19.8 Å². The molecule has 0 radical (unpaired) electrons. The molecule has 0 bridgehead atoms. The molecule has 0 spiro atoms. The lowest BCUT2D eigenvalue weighted by molar-refractivity contribution is -0.143. The third kappa shape index (κ3) is 2.07. The van der Waals surface area contributed by atoms with Crippen molar-refractivity contribution in [2.75, 3.05) is 26.3 Å². The highest BCUT2D eigenvalue weighted by Crippen LogP contribution is 2.47. The molecular formula is C10H17N3O4. The van der Waals surface area contributed by atoms with Crippen molar-refractivity contribution in [3.05, 3.63) is 0 Å². The number of carbonyl (C=O) groups excluding carboxylic acids is 1. The Morgan fingerprint density at radius 3 is 2.82 bits per heavy atom. The SMILES string of the molecule is NC(=NO)C1(C(=O)N2CCOC(CO)C2)CC1. The van der Waals surface area contributed by atoms with Crippen LogP contribution in [0.25, 0.3) is 0 Å². The summed E-state index contributed by atoms with van der Waals surface area (Å²) in [4.78, 5) is 13.9. The normalized spacial score (nSPS) is 27.9. The van der Waals surface area contributed by atoms with E-state index in [1.165, 1.54) is 0 Å². The standard InChI is InChI=1S/C10H17N3O4/c11-8(12-16)10(1-2-10)9(15)13-3-4-17-7(5-13)6-14/h7,14,16H,1-6H2,(H2,11,12). The summed E-state index contributed by atoms with van der Waals surface area (Å²) in [5, 5.41) is 20.6. The number of nitrogens with two attached hydrogens (primary N) is 1. The summed E-state index contributed by atoms with van der Waals surface area (Å²) in [7, 11) is 0. The van der Waals surface area contributed by atoms with Crippen LogP contribution in [0.5, 0.6) is 0 Å². The number of ether oxygens (including phenoxy) is 1. The molecule has 1 aliphatic heterocycles. The number of hydrogen-bond donors (Lipinski definition) is 3. The Balaban J connectivity index is 2.05. The fourth-order valence-electron chi connectivity index (χ4n) is 2.12. The lowest BCUT2D eigenvalue weighted by Crippen LogP contribution is -2.51. The summed E-state index contributed by atoms with van der Waals surface area (Å²) in [6, 6.07) is 0. The number of amides is 1. The third-order valence-electron chi connectivity index (χ3n) is 3.39. The molecule has 2 fully saturated rings. The molecule has 1 aliphatic carbocycles. The summed E-state index contributed by atoms with van der Waals surface area (Å²) < 4.78 is 5.27. The van der Waals surface area contributed by atoms with Crippen LogP contribution in [0.3, 0.4) is 0 Å². The first kappa shape index (κ1) is 12.1. The first-order chi connectivity index (χ1) is 8.14. The molecule has 0 aromatic heterocycles. The highest BCUT2D eigenvalue weighted by Gasteiger charge is 2.56. The van der Waals surface area contributed by atoms with Crippen molar-refractivity contribution >= 4 is 11.7 Å². The molecule has 7 nitrogen and oxygen atoms in total. The molecule has 2 rings (SSSR count). The van der Waals surface area contributed by atoms with E-state index in [2.05, 4.69) is 5.16 Å². The summed E-state index contributed by atoms with van der Waals surface area (Å²) >= 11 is 0. The number of hydrogen-bond acceptors (Lipinski definition) is 5. The summed E-state index contributed by atoms with van der Waals surface area (Å²) in [6.07, 6.45) is 0.891. The van der Waals surface area contributed by atoms with Crippen molar-refractivity contribution in [3.8, 4) is 0 Å². The molecule has 1 saturated carbocycles. The second-order valence-electron chi connectivity index (χ2n) is 4.49. The maximum absolute atomic E-state index is 12.3. The molecule has 4 N–H and O–H groups in total. The maximum atomic E-state index is 12.3. The molecule has 0 aromatic carbocycles. The second kappa shape index (κ2) is 4.50. The first-order valence-electron chi connectivity index (χ1n) is 5.64. The average Bonchev–Trinajstić information content (AvgIpc) is 3.18. The molecule has 1 saturated heterocycles. The van der Waals surface area contributed by atoms with Crippen molar-refractivity contribution in [1.29, 1.82) is 0 Å². The average molecular weight is 243 g/mol. The largest absolute Gasteiger partial charge is 0.409 e. The van der Waals surface area contributed by atoms with Crippen LogP contribution in [0.4, 0.5) is 0 Å². The van der Waals surface area contributed by atoms with E-state index in [1.807, 2.05) is 0 Å². The number of rotatable bonds is 3. The van der Waals surface area contributed by atoms with Gasteiger partial charge in [-0.1, -0.05) is 5.16 Å². The molecular weight excluding hydrogens is 226 g/mol. The van der Waals surface area contributed by atoms with E-state index in [4.69, 9.17) is 20.8 Å². The van der Waals surface area contributed by atoms with Gasteiger partial charge in [-0.2, -0.15) is 0 Å². The molecule has 1 heterocycles. The summed E-state index contributed by atoms with van der Waals surface area (Å²) in [6.45, 7) is 1.13. The Hall–Kier alpha value is -1.34. The van der Waals surface area contributed by atoms with Crippen LogP contribution in [-0.2, 0) is 9.53 Å². The van der Waals surface area contributed by atoms with E-state index in [1.54, 1.807) is 4.90 Å². The lowest BCUT2D eigenvalue weighted by Gasteiger charge is -2.34. The van der Waals surface area contributed by atoms with Gasteiger partial charge in [-0.25, -0.2) is 0 Å². The fourth-order valence-corrected chi connectivity index (χ4v) is 2.12. The maximum Gasteiger partial charge on any atom is 0.236 e. The first-order valence-corrected chi connectivity index (χ1v) is 5.64. The van der Waals surface area contributed by atoms with E-state index in [0.29, 0.717) is 32.5 Å². The van der Waals surface area contributed by atoms with Crippen LogP contribution < -0.4 is 5.73 Å². The second-order valence-corrected chi connectivity index (χ2v) is 4.49. The number of oxime groups is 1. The molecule has 96 valence electrons. The summed E-state index contributed by atoms with van der Waals surface area (Å²) in [5.74, 6) is -0.149. The zero-order valence-electron chi connectivity index (χ0n) is 9.50. The van der Waals surface area contributed by atoms with Crippen LogP contribution in [0.15, 0.2) is 5.16 Å². The van der Waals surface area contributed by atoms with E-state index < -0.39 is 5.41 Å². The number of aliphatic hydroxyl groups excluding tert-OH is 1. The van der Waals surface area contributed by atoms with Gasteiger partial charge in [0.25, 0.3) is 0 Å². The van der Waals surface area contributed by atoms with E-state index in [0.717, 1.165) is 0 Å². The minimum atomic E-state index is -0.813. The number of aliphatic hydroxyl groups is 1. The van der Waals surface area contributed by atoms with Gasteiger partial charge in [0.2, 0.25) is 5.91 Å². The fraction of sp³-hybridized carbons (Fsp3) is 0.800. The van der Waals surface area contributed by atoms with Crippen LogP contribution in [-0.4, -0.2) is 59.4 Å². The zero-order chi connectivity index (χ0) is 12.5. The predicted molar refractivity (Wildman–Crippen MR) is 58.5 cm³/mol. The number of nitrogens with zero attached hydrogens (tertiary/aromatic N) is 2. The monoisotopic (exact) mass is 243 g/mol. The van der Waals surface area contributed by atoms with Crippen LogP contribution in [0, 0.1) is 5.41 Å². The Labute approximate surface area is 98.8 Å². The van der Waals surface area contributed by atoms with Gasteiger partial charge >= 0.3 is 0 Å². The van der Waals surface area contributed by atoms with E-state index in [9.17, 15) is 4.79 Å². The van der Waals surface area contributed by atoms with Crippen LogP contribution in [0.2, 0.25) is 0 Å². The minimum Gasteiger partial charge on any atom is -0.409 e. The Morgan fingerprint density at radius 1 is 1.59 bits per heavy atom. The molecule has 7 heteroatoms. The van der Waals surface area contributed by atoms with Crippen LogP contribution in [0.1, 0.15) is 12.8 Å². The summed E-state index contributed by atoms with van der Waals surface area (Å²) in [5.41, 5.74) is 4.75. The Morgan fingerprint density at radius 2 is 2.29 bits per heavy atom. The molecule has 2 aliphatic rings. The van der Waals surface area contributed by atoms with Crippen LogP contribution >= 0.6 is 0 Å².